The first-order chi connectivity index (χ1) is 9.56. The zero-order valence-electron chi connectivity index (χ0n) is 11.0. The van der Waals surface area contributed by atoms with Gasteiger partial charge in [-0.15, -0.1) is 0 Å². The summed E-state index contributed by atoms with van der Waals surface area (Å²) in [6.45, 7) is 1.86. The predicted molar refractivity (Wildman–Crippen MR) is 73.6 cm³/mol. The molecule has 2 aromatic rings. The first-order valence-corrected chi connectivity index (χ1v) is 6.17. The van der Waals surface area contributed by atoms with E-state index in [1.54, 1.807) is 12.4 Å². The van der Waals surface area contributed by atoms with Crippen LogP contribution in [0.15, 0.2) is 41.6 Å². The summed E-state index contributed by atoms with van der Waals surface area (Å²) < 4.78 is 0. The highest BCUT2D eigenvalue weighted by Crippen LogP contribution is 2.12. The zero-order valence-corrected chi connectivity index (χ0v) is 11.0. The van der Waals surface area contributed by atoms with Gasteiger partial charge in [-0.25, -0.2) is 0 Å². The van der Waals surface area contributed by atoms with Crippen molar-refractivity contribution >= 4 is 5.91 Å². The fraction of sp³-hybridized carbons (Fsp3) is 0.214. The van der Waals surface area contributed by atoms with E-state index in [1.807, 2.05) is 19.1 Å². The number of rotatable bonds is 4. The second kappa shape index (κ2) is 6.01. The van der Waals surface area contributed by atoms with Crippen molar-refractivity contribution in [3.63, 3.8) is 0 Å². The van der Waals surface area contributed by atoms with Crippen LogP contribution in [0.25, 0.3) is 0 Å². The van der Waals surface area contributed by atoms with E-state index in [1.165, 1.54) is 6.20 Å². The molecular formula is C14H15N3O3. The summed E-state index contributed by atoms with van der Waals surface area (Å²) in [6.07, 6.45) is 5.24. The first kappa shape index (κ1) is 13.8. The molecule has 0 saturated carbocycles. The number of carbonyl (C=O) groups is 1. The first-order valence-electron chi connectivity index (χ1n) is 6.17. The van der Waals surface area contributed by atoms with E-state index in [0.29, 0.717) is 6.42 Å². The van der Waals surface area contributed by atoms with Crippen LogP contribution in [-0.2, 0) is 6.42 Å². The van der Waals surface area contributed by atoms with Crippen molar-refractivity contribution in [3.8, 4) is 5.75 Å². The number of aromatic hydroxyl groups is 1. The van der Waals surface area contributed by atoms with E-state index in [0.717, 1.165) is 11.6 Å². The molecule has 6 heteroatoms. The highest BCUT2D eigenvalue weighted by atomic mass is 16.3. The molecule has 2 rings (SSSR count). The third-order valence-electron chi connectivity index (χ3n) is 2.82. The molecule has 0 aliphatic rings. The highest BCUT2D eigenvalue weighted by molar-refractivity contribution is 5.96. The maximum Gasteiger partial charge on any atom is 0.256 e. The van der Waals surface area contributed by atoms with E-state index in [-0.39, 0.29) is 17.4 Å². The standard InChI is InChI=1S/C14H15N3O3/c1-9(6-10-2-4-15-5-3-10)17-14(20)11-8-16-13(19)7-12(11)18/h2-5,7-9H,6H2,1H3,(H,17,20)(H2,16,18,19)/t9-/m1/s1. The molecule has 20 heavy (non-hydrogen) atoms. The number of amides is 1. The Hall–Kier alpha value is -2.63. The van der Waals surface area contributed by atoms with Crippen LogP contribution in [-0.4, -0.2) is 27.0 Å². The molecule has 2 heterocycles. The van der Waals surface area contributed by atoms with Gasteiger partial charge in [-0.05, 0) is 31.0 Å². The highest BCUT2D eigenvalue weighted by Gasteiger charge is 2.14. The van der Waals surface area contributed by atoms with Crippen LogP contribution in [0.2, 0.25) is 0 Å². The minimum absolute atomic E-state index is 0.0474. The number of aromatic amines is 1. The van der Waals surface area contributed by atoms with Gasteiger partial charge in [0.05, 0.1) is 5.56 Å². The summed E-state index contributed by atoms with van der Waals surface area (Å²) in [6, 6.07) is 4.61. The molecule has 0 radical (unpaired) electrons. The molecule has 0 aromatic carbocycles. The molecule has 0 spiro atoms. The monoisotopic (exact) mass is 273 g/mol. The zero-order chi connectivity index (χ0) is 14.5. The van der Waals surface area contributed by atoms with Crippen LogP contribution in [0.4, 0.5) is 0 Å². The molecule has 0 bridgehead atoms. The van der Waals surface area contributed by atoms with Crippen LogP contribution in [0.1, 0.15) is 22.8 Å². The Balaban J connectivity index is 2.02. The third kappa shape index (κ3) is 3.44. The van der Waals surface area contributed by atoms with E-state index in [4.69, 9.17) is 0 Å². The Kier molecular flexibility index (Phi) is 4.14. The van der Waals surface area contributed by atoms with Crippen molar-refractivity contribution in [2.75, 3.05) is 0 Å². The number of nitrogens with one attached hydrogen (secondary N) is 2. The molecule has 3 N–H and O–H groups in total. The predicted octanol–water partition coefficient (Wildman–Crippen LogP) is 0.836. The van der Waals surface area contributed by atoms with E-state index in [9.17, 15) is 14.7 Å². The van der Waals surface area contributed by atoms with Crippen molar-refractivity contribution in [3.05, 3.63) is 58.3 Å². The summed E-state index contributed by atoms with van der Waals surface area (Å²) in [4.78, 5) is 29.2. The molecule has 0 aliphatic carbocycles. The number of H-pyrrole nitrogens is 1. The Morgan fingerprint density at radius 2 is 2.15 bits per heavy atom. The lowest BCUT2D eigenvalue weighted by Gasteiger charge is -2.14. The van der Waals surface area contributed by atoms with Crippen LogP contribution in [0.3, 0.4) is 0 Å². The van der Waals surface area contributed by atoms with Gasteiger partial charge >= 0.3 is 0 Å². The number of aromatic nitrogens is 2. The van der Waals surface area contributed by atoms with E-state index in [2.05, 4.69) is 15.3 Å². The normalized spacial score (nSPS) is 11.8. The number of nitrogens with zero attached hydrogens (tertiary/aromatic N) is 1. The van der Waals surface area contributed by atoms with Gasteiger partial charge in [0.2, 0.25) is 0 Å². The minimum Gasteiger partial charge on any atom is -0.507 e. The number of pyridine rings is 2. The topological polar surface area (TPSA) is 95.1 Å². The summed E-state index contributed by atoms with van der Waals surface area (Å²) >= 11 is 0. The SMILES string of the molecule is C[C@H](Cc1ccncc1)NC(=O)c1c[nH]c(=O)cc1O. The molecule has 104 valence electrons. The fourth-order valence-electron chi connectivity index (χ4n) is 1.87. The van der Waals surface area contributed by atoms with Crippen LogP contribution >= 0.6 is 0 Å². The lowest BCUT2D eigenvalue weighted by Crippen LogP contribution is -2.34. The number of carbonyl (C=O) groups excluding carboxylic acids is 1. The Labute approximate surface area is 115 Å². The molecule has 0 aliphatic heterocycles. The molecule has 6 nitrogen and oxygen atoms in total. The quantitative estimate of drug-likeness (QED) is 0.769. The fourth-order valence-corrected chi connectivity index (χ4v) is 1.87. The van der Waals surface area contributed by atoms with E-state index < -0.39 is 11.5 Å². The van der Waals surface area contributed by atoms with E-state index >= 15 is 0 Å². The second-order valence-corrected chi connectivity index (χ2v) is 4.53. The molecule has 1 atom stereocenters. The Morgan fingerprint density at radius 3 is 2.80 bits per heavy atom. The molecule has 0 saturated heterocycles. The smallest absolute Gasteiger partial charge is 0.256 e. The van der Waals surface area contributed by atoms with Gasteiger partial charge in [0.1, 0.15) is 5.75 Å². The molecule has 0 fully saturated rings. The minimum atomic E-state index is -0.455. The summed E-state index contributed by atoms with van der Waals surface area (Å²) in [5.41, 5.74) is 0.647. The summed E-state index contributed by atoms with van der Waals surface area (Å²) in [5, 5.41) is 12.3. The average molecular weight is 273 g/mol. The van der Waals surface area contributed by atoms with Crippen molar-refractivity contribution in [2.45, 2.75) is 19.4 Å². The van der Waals surface area contributed by atoms with Crippen molar-refractivity contribution in [2.24, 2.45) is 0 Å². The van der Waals surface area contributed by atoms with Crippen molar-refractivity contribution < 1.29 is 9.90 Å². The molecule has 1 amide bonds. The van der Waals surface area contributed by atoms with Gasteiger partial charge in [-0.2, -0.15) is 0 Å². The largest absolute Gasteiger partial charge is 0.507 e. The second-order valence-electron chi connectivity index (χ2n) is 4.53. The Bertz CT molecular complexity index is 652. The molecule has 0 unspecified atom stereocenters. The van der Waals surface area contributed by atoms with Crippen LogP contribution in [0.5, 0.6) is 5.75 Å². The lowest BCUT2D eigenvalue weighted by atomic mass is 10.1. The van der Waals surface area contributed by atoms with Crippen LogP contribution in [0, 0.1) is 0 Å². The van der Waals surface area contributed by atoms with Gasteiger partial charge in [0.25, 0.3) is 11.5 Å². The van der Waals surface area contributed by atoms with Gasteiger partial charge in [0.15, 0.2) is 0 Å². The van der Waals surface area contributed by atoms with Gasteiger partial charge in [0, 0.05) is 30.7 Å². The molecule has 2 aromatic heterocycles. The number of hydrogen-bond donors (Lipinski definition) is 3. The third-order valence-corrected chi connectivity index (χ3v) is 2.82. The van der Waals surface area contributed by atoms with Crippen molar-refractivity contribution in [1.82, 2.24) is 15.3 Å². The average Bonchev–Trinajstić information content (AvgIpc) is 2.39. The Morgan fingerprint density at radius 1 is 1.45 bits per heavy atom. The maximum absolute atomic E-state index is 12.0. The van der Waals surface area contributed by atoms with Gasteiger partial charge in [-0.1, -0.05) is 0 Å². The van der Waals surface area contributed by atoms with Crippen LogP contribution < -0.4 is 10.9 Å². The summed E-state index contributed by atoms with van der Waals surface area (Å²) in [5.74, 6) is -0.761. The van der Waals surface area contributed by atoms with Crippen molar-refractivity contribution in [1.29, 1.82) is 0 Å². The van der Waals surface area contributed by atoms with Gasteiger partial charge in [-0.3, -0.25) is 14.6 Å². The molecular weight excluding hydrogens is 258 g/mol. The maximum atomic E-state index is 12.0. The summed E-state index contributed by atoms with van der Waals surface area (Å²) in [7, 11) is 0. The number of hydrogen-bond acceptors (Lipinski definition) is 4. The lowest BCUT2D eigenvalue weighted by molar-refractivity contribution is 0.0937. The van der Waals surface area contributed by atoms with Gasteiger partial charge < -0.3 is 15.4 Å².